The lowest BCUT2D eigenvalue weighted by atomic mass is 10.0. The van der Waals surface area contributed by atoms with Crippen molar-refractivity contribution in [3.63, 3.8) is 0 Å². The van der Waals surface area contributed by atoms with Gasteiger partial charge >= 0.3 is 0 Å². The maximum Gasteiger partial charge on any atom is 0.219 e. The Morgan fingerprint density at radius 2 is 2.06 bits per heavy atom. The number of carbonyl (C=O) groups is 1. The van der Waals surface area contributed by atoms with Crippen LogP contribution >= 0.6 is 23.5 Å². The van der Waals surface area contributed by atoms with Crippen LogP contribution in [0.2, 0.25) is 0 Å². The lowest BCUT2D eigenvalue weighted by Gasteiger charge is -2.34. The first kappa shape index (κ1) is 12.6. The molecule has 2 fully saturated rings. The second-order valence-corrected chi connectivity index (χ2v) is 7.78. The summed E-state index contributed by atoms with van der Waals surface area (Å²) in [6.07, 6.45) is 7.02. The Morgan fingerprint density at radius 3 is 2.75 bits per heavy atom. The number of hydrogen-bond acceptors (Lipinski definition) is 3. The van der Waals surface area contributed by atoms with Gasteiger partial charge in [-0.15, -0.1) is 23.5 Å². The number of rotatable bonds is 2. The Balaban J connectivity index is 1.78. The van der Waals surface area contributed by atoms with E-state index in [1.165, 1.54) is 32.1 Å². The van der Waals surface area contributed by atoms with Crippen molar-refractivity contribution in [3.8, 4) is 0 Å². The number of nitrogens with zero attached hydrogens (tertiary/aromatic N) is 1. The fourth-order valence-electron chi connectivity index (χ4n) is 2.40. The molecule has 1 aliphatic carbocycles. The summed E-state index contributed by atoms with van der Waals surface area (Å²) < 4.78 is 0.626. The van der Waals surface area contributed by atoms with Crippen LogP contribution in [0.4, 0.5) is 0 Å². The monoisotopic (exact) mass is 259 g/mol. The van der Waals surface area contributed by atoms with E-state index in [9.17, 15) is 4.79 Å². The highest BCUT2D eigenvalue weighted by atomic mass is 32.2. The molecule has 16 heavy (non-hydrogen) atoms. The van der Waals surface area contributed by atoms with E-state index in [1.807, 2.05) is 16.7 Å². The minimum atomic E-state index is 0.245. The maximum atomic E-state index is 11.3. The van der Waals surface area contributed by atoms with Gasteiger partial charge in [0.1, 0.15) is 0 Å². The molecule has 2 aliphatic rings. The number of carbonyl (C=O) groups excluding carboxylic acids is 1. The van der Waals surface area contributed by atoms with Gasteiger partial charge in [-0.05, 0) is 12.8 Å². The summed E-state index contributed by atoms with van der Waals surface area (Å²) >= 11 is 4.18. The second-order valence-electron chi connectivity index (χ2n) is 4.66. The van der Waals surface area contributed by atoms with Gasteiger partial charge in [-0.2, -0.15) is 0 Å². The summed E-state index contributed by atoms with van der Waals surface area (Å²) in [7, 11) is 0. The predicted octanol–water partition coefficient (Wildman–Crippen LogP) is 2.97. The summed E-state index contributed by atoms with van der Waals surface area (Å²) in [5.41, 5.74) is 0. The Morgan fingerprint density at radius 1 is 1.31 bits per heavy atom. The SMILES string of the molecule is CC(=O)N1CCSC(SC2CCCCC2)C1. The molecular formula is C12H21NOS2. The van der Waals surface area contributed by atoms with Crippen molar-refractivity contribution in [2.24, 2.45) is 0 Å². The van der Waals surface area contributed by atoms with Crippen LogP contribution in [-0.4, -0.2) is 39.5 Å². The summed E-state index contributed by atoms with van der Waals surface area (Å²) in [5, 5.41) is 0.859. The molecule has 0 spiro atoms. The van der Waals surface area contributed by atoms with Crippen LogP contribution in [0.15, 0.2) is 0 Å². The van der Waals surface area contributed by atoms with Crippen molar-refractivity contribution < 1.29 is 4.79 Å². The third kappa shape index (κ3) is 3.59. The van der Waals surface area contributed by atoms with Gasteiger partial charge in [0, 0.05) is 31.0 Å². The molecule has 2 rings (SSSR count). The molecule has 0 aromatic heterocycles. The molecule has 4 heteroatoms. The van der Waals surface area contributed by atoms with Crippen molar-refractivity contribution in [1.82, 2.24) is 4.90 Å². The van der Waals surface area contributed by atoms with E-state index in [1.54, 1.807) is 6.92 Å². The molecule has 1 heterocycles. The fourth-order valence-corrected chi connectivity index (χ4v) is 5.65. The molecule has 0 radical (unpaired) electrons. The van der Waals surface area contributed by atoms with Crippen LogP contribution < -0.4 is 0 Å². The summed E-state index contributed by atoms with van der Waals surface area (Å²) in [5.74, 6) is 1.36. The Bertz CT molecular complexity index is 241. The van der Waals surface area contributed by atoms with Crippen molar-refractivity contribution in [2.75, 3.05) is 18.8 Å². The first-order chi connectivity index (χ1) is 7.75. The molecule has 0 N–H and O–H groups in total. The average Bonchev–Trinajstić information content (AvgIpc) is 2.30. The lowest BCUT2D eigenvalue weighted by molar-refractivity contribution is -0.128. The molecule has 92 valence electrons. The van der Waals surface area contributed by atoms with Gasteiger partial charge in [-0.25, -0.2) is 0 Å². The van der Waals surface area contributed by atoms with E-state index < -0.39 is 0 Å². The van der Waals surface area contributed by atoms with Gasteiger partial charge in [0.2, 0.25) is 5.91 Å². The highest BCUT2D eigenvalue weighted by Crippen LogP contribution is 2.37. The molecule has 1 atom stereocenters. The quantitative estimate of drug-likeness (QED) is 0.760. The summed E-state index contributed by atoms with van der Waals surface area (Å²) in [4.78, 5) is 13.4. The zero-order valence-corrected chi connectivity index (χ0v) is 11.6. The molecule has 1 unspecified atom stereocenters. The van der Waals surface area contributed by atoms with E-state index in [0.717, 1.165) is 24.1 Å². The Hall–Kier alpha value is 0.170. The van der Waals surface area contributed by atoms with Gasteiger partial charge in [-0.1, -0.05) is 19.3 Å². The molecule has 1 aliphatic heterocycles. The van der Waals surface area contributed by atoms with E-state index in [2.05, 4.69) is 11.8 Å². The summed E-state index contributed by atoms with van der Waals surface area (Å²) in [6.45, 7) is 3.60. The standard InChI is InChI=1S/C12H21NOS2/c1-10(14)13-7-8-15-12(9-13)16-11-5-3-2-4-6-11/h11-12H,2-9H2,1H3. The average molecular weight is 259 g/mol. The third-order valence-electron chi connectivity index (χ3n) is 3.38. The minimum Gasteiger partial charge on any atom is -0.340 e. The summed E-state index contributed by atoms with van der Waals surface area (Å²) in [6, 6.07) is 0. The number of hydrogen-bond donors (Lipinski definition) is 0. The lowest BCUT2D eigenvalue weighted by Crippen LogP contribution is -2.40. The van der Waals surface area contributed by atoms with Gasteiger partial charge in [0.05, 0.1) is 4.58 Å². The fraction of sp³-hybridized carbons (Fsp3) is 0.917. The number of amides is 1. The van der Waals surface area contributed by atoms with Gasteiger partial charge in [-0.3, -0.25) is 4.79 Å². The predicted molar refractivity (Wildman–Crippen MR) is 73.0 cm³/mol. The topological polar surface area (TPSA) is 20.3 Å². The van der Waals surface area contributed by atoms with Gasteiger partial charge in [0.25, 0.3) is 0 Å². The van der Waals surface area contributed by atoms with Crippen molar-refractivity contribution in [2.45, 2.75) is 48.9 Å². The van der Waals surface area contributed by atoms with Crippen molar-refractivity contribution >= 4 is 29.4 Å². The molecule has 0 aromatic carbocycles. The molecule has 1 saturated carbocycles. The van der Waals surface area contributed by atoms with Crippen LogP contribution in [0.5, 0.6) is 0 Å². The molecule has 1 saturated heterocycles. The number of thioether (sulfide) groups is 2. The first-order valence-electron chi connectivity index (χ1n) is 6.28. The second kappa shape index (κ2) is 6.20. The molecule has 0 bridgehead atoms. The highest BCUT2D eigenvalue weighted by Gasteiger charge is 2.25. The van der Waals surface area contributed by atoms with Crippen molar-refractivity contribution in [1.29, 1.82) is 0 Å². The van der Waals surface area contributed by atoms with Crippen LogP contribution in [0.25, 0.3) is 0 Å². The van der Waals surface area contributed by atoms with Crippen LogP contribution in [0, 0.1) is 0 Å². The minimum absolute atomic E-state index is 0.245. The van der Waals surface area contributed by atoms with E-state index in [0.29, 0.717) is 4.58 Å². The zero-order valence-electron chi connectivity index (χ0n) is 9.98. The highest BCUT2D eigenvalue weighted by molar-refractivity contribution is 8.17. The van der Waals surface area contributed by atoms with Crippen LogP contribution in [-0.2, 0) is 4.79 Å². The zero-order chi connectivity index (χ0) is 11.4. The van der Waals surface area contributed by atoms with E-state index in [4.69, 9.17) is 0 Å². The normalized spacial score (nSPS) is 28.1. The largest absolute Gasteiger partial charge is 0.340 e. The van der Waals surface area contributed by atoms with E-state index >= 15 is 0 Å². The van der Waals surface area contributed by atoms with E-state index in [-0.39, 0.29) is 5.91 Å². The molecule has 2 nitrogen and oxygen atoms in total. The Labute approximate surface area is 107 Å². The van der Waals surface area contributed by atoms with Gasteiger partial charge in [0.15, 0.2) is 0 Å². The Kier molecular flexibility index (Phi) is 4.89. The smallest absolute Gasteiger partial charge is 0.219 e. The van der Waals surface area contributed by atoms with Gasteiger partial charge < -0.3 is 4.90 Å². The molecule has 1 amide bonds. The molecular weight excluding hydrogens is 238 g/mol. The van der Waals surface area contributed by atoms with Crippen LogP contribution in [0.3, 0.4) is 0 Å². The first-order valence-corrected chi connectivity index (χ1v) is 8.27. The third-order valence-corrected chi connectivity index (χ3v) is 6.37. The van der Waals surface area contributed by atoms with Crippen molar-refractivity contribution in [3.05, 3.63) is 0 Å². The van der Waals surface area contributed by atoms with Crippen LogP contribution in [0.1, 0.15) is 39.0 Å². The maximum absolute atomic E-state index is 11.3. The molecule has 0 aromatic rings.